The number of amides is 1. The summed E-state index contributed by atoms with van der Waals surface area (Å²) in [4.78, 5) is 12.0. The summed E-state index contributed by atoms with van der Waals surface area (Å²) < 4.78 is 28.0. The van der Waals surface area contributed by atoms with Crippen LogP contribution in [0.25, 0.3) is 11.8 Å². The Kier molecular flexibility index (Phi) is 8.56. The summed E-state index contributed by atoms with van der Waals surface area (Å²) in [5, 5.41) is 17.7. The Morgan fingerprint density at radius 1 is 1.09 bits per heavy atom. The van der Waals surface area contributed by atoms with Gasteiger partial charge in [-0.05, 0) is 36.6 Å². The van der Waals surface area contributed by atoms with Crippen molar-refractivity contribution >= 4 is 27.8 Å². The maximum atomic E-state index is 12.0. The van der Waals surface area contributed by atoms with Crippen LogP contribution >= 0.6 is 0 Å². The number of aryl methyl sites for hydroxylation is 1. The van der Waals surface area contributed by atoms with Crippen molar-refractivity contribution in [3.05, 3.63) is 82.9 Å². The van der Waals surface area contributed by atoms with Gasteiger partial charge in [-0.15, -0.1) is 0 Å². The van der Waals surface area contributed by atoms with Gasteiger partial charge in [0.15, 0.2) is 0 Å². The molecule has 0 bridgehead atoms. The first kappa shape index (κ1) is 24.7. The molecule has 3 rings (SSSR count). The molecule has 0 atom stereocenters. The minimum atomic E-state index is -3.63. The third kappa shape index (κ3) is 7.03. The van der Waals surface area contributed by atoms with E-state index in [1.165, 1.54) is 10.8 Å². The molecule has 1 amide bonds. The molecule has 0 radical (unpaired) electrons. The van der Waals surface area contributed by atoms with E-state index in [2.05, 4.69) is 21.2 Å². The average Bonchev–Trinajstić information content (AvgIpc) is 3.16. The van der Waals surface area contributed by atoms with Gasteiger partial charge in [-0.2, -0.15) is 10.4 Å². The second kappa shape index (κ2) is 11.8. The number of rotatable bonds is 11. The Hall–Kier alpha value is -3.94. The first-order valence-electron chi connectivity index (χ1n) is 10.7. The molecule has 0 unspecified atom stereocenters. The number of para-hydroxylation sites is 1. The predicted molar refractivity (Wildman–Crippen MR) is 131 cm³/mol. The summed E-state index contributed by atoms with van der Waals surface area (Å²) in [6, 6.07) is 20.4. The van der Waals surface area contributed by atoms with Gasteiger partial charge in [-0.25, -0.2) is 17.8 Å². The number of nitrogens with two attached hydrogens (primary N) is 1. The van der Waals surface area contributed by atoms with Crippen molar-refractivity contribution in [2.75, 3.05) is 18.8 Å². The first-order chi connectivity index (χ1) is 16.4. The van der Waals surface area contributed by atoms with E-state index < -0.39 is 10.0 Å². The van der Waals surface area contributed by atoms with Crippen molar-refractivity contribution in [2.45, 2.75) is 19.3 Å². The Labute approximate surface area is 199 Å². The van der Waals surface area contributed by atoms with Gasteiger partial charge in [0.2, 0.25) is 15.9 Å². The lowest BCUT2D eigenvalue weighted by atomic mass is 10.1. The number of sulfonamides is 1. The summed E-state index contributed by atoms with van der Waals surface area (Å²) >= 11 is 0. The Morgan fingerprint density at radius 2 is 1.76 bits per heavy atom. The molecule has 1 heterocycles. The van der Waals surface area contributed by atoms with Crippen molar-refractivity contribution in [3.63, 3.8) is 0 Å². The number of hydrogen-bond acceptors (Lipinski definition) is 6. The van der Waals surface area contributed by atoms with Crippen molar-refractivity contribution in [1.82, 2.24) is 19.8 Å². The Balaban J connectivity index is 1.42. The van der Waals surface area contributed by atoms with Crippen molar-refractivity contribution < 1.29 is 13.2 Å². The molecule has 176 valence electrons. The van der Waals surface area contributed by atoms with Crippen molar-refractivity contribution in [1.29, 1.82) is 5.26 Å². The standard InChI is InChI=1S/C24H26N6O3S/c25-18-21-22(29-30(24(21)26)20-10-5-2-6-11-20)12-7-15-27-23(31)13-16-28-34(32,33)17-14-19-8-3-1-4-9-19/h1-6,8-11,14,17,28H,7,12-13,15-16,26H2,(H,27,31)/b17-14+. The Morgan fingerprint density at radius 3 is 2.44 bits per heavy atom. The summed E-state index contributed by atoms with van der Waals surface area (Å²) in [7, 11) is -3.63. The number of aromatic nitrogens is 2. The molecule has 10 heteroatoms. The second-order valence-electron chi connectivity index (χ2n) is 7.42. The van der Waals surface area contributed by atoms with E-state index >= 15 is 0 Å². The zero-order chi connectivity index (χ0) is 24.4. The summed E-state index contributed by atoms with van der Waals surface area (Å²) in [5.74, 6) is 0.00547. The minimum Gasteiger partial charge on any atom is -0.382 e. The molecule has 3 aromatic rings. The van der Waals surface area contributed by atoms with E-state index in [4.69, 9.17) is 5.73 Å². The molecule has 0 fully saturated rings. The largest absolute Gasteiger partial charge is 0.382 e. The molecule has 2 aromatic carbocycles. The van der Waals surface area contributed by atoms with Crippen LogP contribution in [-0.4, -0.2) is 37.2 Å². The number of nitrogens with one attached hydrogen (secondary N) is 2. The van der Waals surface area contributed by atoms with Crippen LogP contribution < -0.4 is 15.8 Å². The highest BCUT2D eigenvalue weighted by atomic mass is 32.2. The van der Waals surface area contributed by atoms with Crippen LogP contribution in [0.1, 0.15) is 29.7 Å². The zero-order valence-electron chi connectivity index (χ0n) is 18.5. The summed E-state index contributed by atoms with van der Waals surface area (Å²) in [6.45, 7) is 0.354. The Bertz CT molecular complexity index is 1280. The number of anilines is 1. The molecule has 34 heavy (non-hydrogen) atoms. The average molecular weight is 479 g/mol. The van der Waals surface area contributed by atoms with Crippen LogP contribution in [0.15, 0.2) is 66.1 Å². The van der Waals surface area contributed by atoms with Crippen LogP contribution in [0, 0.1) is 11.3 Å². The lowest BCUT2D eigenvalue weighted by Gasteiger charge is -2.05. The van der Waals surface area contributed by atoms with Crippen molar-refractivity contribution in [2.24, 2.45) is 0 Å². The fourth-order valence-corrected chi connectivity index (χ4v) is 4.02. The van der Waals surface area contributed by atoms with Crippen LogP contribution in [-0.2, 0) is 21.2 Å². The lowest BCUT2D eigenvalue weighted by Crippen LogP contribution is -2.30. The molecular weight excluding hydrogens is 452 g/mol. The van der Waals surface area contributed by atoms with E-state index in [-0.39, 0.29) is 24.7 Å². The van der Waals surface area contributed by atoms with Gasteiger partial charge in [0, 0.05) is 24.9 Å². The van der Waals surface area contributed by atoms with Gasteiger partial charge in [0.05, 0.1) is 11.4 Å². The molecule has 0 spiro atoms. The first-order valence-corrected chi connectivity index (χ1v) is 12.3. The van der Waals surface area contributed by atoms with Gasteiger partial charge >= 0.3 is 0 Å². The number of carbonyl (C=O) groups excluding carboxylic acids is 1. The molecular formula is C24H26N6O3S. The van der Waals surface area contributed by atoms with E-state index in [1.54, 1.807) is 12.1 Å². The van der Waals surface area contributed by atoms with E-state index in [0.29, 0.717) is 30.6 Å². The summed E-state index contributed by atoms with van der Waals surface area (Å²) in [6.07, 6.45) is 2.52. The topological polar surface area (TPSA) is 143 Å². The van der Waals surface area contributed by atoms with E-state index in [9.17, 15) is 18.5 Å². The monoisotopic (exact) mass is 478 g/mol. The van der Waals surface area contributed by atoms with Crippen LogP contribution in [0.4, 0.5) is 5.82 Å². The van der Waals surface area contributed by atoms with Gasteiger partial charge in [-0.3, -0.25) is 4.79 Å². The number of hydrogen-bond donors (Lipinski definition) is 3. The molecule has 0 aliphatic rings. The van der Waals surface area contributed by atoms with Gasteiger partial charge in [0.1, 0.15) is 17.5 Å². The fourth-order valence-electron chi connectivity index (χ4n) is 3.20. The van der Waals surface area contributed by atoms with Crippen molar-refractivity contribution in [3.8, 4) is 11.8 Å². The van der Waals surface area contributed by atoms with Gasteiger partial charge in [0.25, 0.3) is 0 Å². The number of carbonyl (C=O) groups is 1. The van der Waals surface area contributed by atoms with E-state index in [1.807, 2.05) is 48.5 Å². The van der Waals surface area contributed by atoms with Crippen LogP contribution in [0.5, 0.6) is 0 Å². The zero-order valence-corrected chi connectivity index (χ0v) is 19.3. The number of benzene rings is 2. The smallest absolute Gasteiger partial charge is 0.233 e. The molecule has 0 aliphatic heterocycles. The predicted octanol–water partition coefficient (Wildman–Crippen LogP) is 2.36. The summed E-state index contributed by atoms with van der Waals surface area (Å²) in [5.41, 5.74) is 8.51. The highest BCUT2D eigenvalue weighted by molar-refractivity contribution is 7.92. The third-order valence-corrected chi connectivity index (χ3v) is 6.01. The van der Waals surface area contributed by atoms with Crippen LogP contribution in [0.3, 0.4) is 0 Å². The number of nitriles is 1. The molecule has 0 saturated heterocycles. The van der Waals surface area contributed by atoms with E-state index in [0.717, 1.165) is 16.7 Å². The minimum absolute atomic E-state index is 0.0100. The lowest BCUT2D eigenvalue weighted by molar-refractivity contribution is -0.120. The molecule has 4 N–H and O–H groups in total. The number of nitrogens with zero attached hydrogens (tertiary/aromatic N) is 3. The number of nitrogen functional groups attached to an aromatic ring is 1. The maximum absolute atomic E-state index is 12.0. The van der Waals surface area contributed by atoms with Gasteiger partial charge in [-0.1, -0.05) is 48.5 Å². The fraction of sp³-hybridized carbons (Fsp3) is 0.208. The third-order valence-electron chi connectivity index (χ3n) is 4.91. The maximum Gasteiger partial charge on any atom is 0.233 e. The molecule has 0 aliphatic carbocycles. The SMILES string of the molecule is N#Cc1c(CCCNC(=O)CCNS(=O)(=O)/C=C/c2ccccc2)nn(-c2ccccc2)c1N. The second-order valence-corrected chi connectivity index (χ2v) is 9.07. The normalized spacial score (nSPS) is 11.4. The molecule has 0 saturated carbocycles. The van der Waals surface area contributed by atoms with Gasteiger partial charge < -0.3 is 11.1 Å². The highest BCUT2D eigenvalue weighted by Gasteiger charge is 2.16. The van der Waals surface area contributed by atoms with Crippen LogP contribution in [0.2, 0.25) is 0 Å². The molecule has 1 aromatic heterocycles. The molecule has 9 nitrogen and oxygen atoms in total. The quantitative estimate of drug-likeness (QED) is 0.361. The highest BCUT2D eigenvalue weighted by Crippen LogP contribution is 2.21.